The summed E-state index contributed by atoms with van der Waals surface area (Å²) in [5, 5.41) is 8.89. The Morgan fingerprint density at radius 3 is 2.48 bits per heavy atom. The highest BCUT2D eigenvalue weighted by Crippen LogP contribution is 2.23. The molecule has 29 heavy (non-hydrogen) atoms. The van der Waals surface area contributed by atoms with Gasteiger partial charge in [-0.1, -0.05) is 29.8 Å². The molecule has 0 atom stereocenters. The van der Waals surface area contributed by atoms with Crippen molar-refractivity contribution in [3.8, 4) is 17.1 Å². The zero-order valence-electron chi connectivity index (χ0n) is 14.9. The summed E-state index contributed by atoms with van der Waals surface area (Å²) in [6, 6.07) is 18.9. The molecule has 4 rings (SSSR count). The van der Waals surface area contributed by atoms with Crippen LogP contribution >= 0.6 is 11.6 Å². The van der Waals surface area contributed by atoms with E-state index in [0.29, 0.717) is 22.0 Å². The molecule has 0 aliphatic heterocycles. The van der Waals surface area contributed by atoms with Gasteiger partial charge in [0.25, 0.3) is 10.0 Å². The quantitative estimate of drug-likeness (QED) is 0.371. The normalized spacial score (nSPS) is 11.8. The highest BCUT2D eigenvalue weighted by atomic mass is 35.5. The van der Waals surface area contributed by atoms with Crippen LogP contribution in [-0.2, 0) is 10.0 Å². The Labute approximate surface area is 172 Å². The number of hydrazone groups is 1. The molecule has 0 unspecified atom stereocenters. The summed E-state index contributed by atoms with van der Waals surface area (Å²) in [6.45, 7) is 0. The van der Waals surface area contributed by atoms with Crippen molar-refractivity contribution in [3.63, 3.8) is 0 Å². The number of sulfonamides is 1. The molecule has 0 aliphatic carbocycles. The van der Waals surface area contributed by atoms with Gasteiger partial charge in [-0.3, -0.25) is 0 Å². The summed E-state index contributed by atoms with van der Waals surface area (Å²) in [4.78, 5) is 2.26. The molecule has 0 amide bonds. The summed E-state index contributed by atoms with van der Waals surface area (Å²) in [6.07, 6.45) is 4.67. The van der Waals surface area contributed by atoms with E-state index in [1.165, 1.54) is 30.5 Å². The number of para-hydroxylation sites is 1. The molecule has 0 aliphatic rings. The fourth-order valence-corrected chi connectivity index (χ4v) is 3.55. The lowest BCUT2D eigenvalue weighted by Gasteiger charge is -2.02. The summed E-state index contributed by atoms with van der Waals surface area (Å²) in [5.74, 6) is 0.543. The van der Waals surface area contributed by atoms with E-state index in [-0.39, 0.29) is 4.90 Å². The topological polar surface area (TPSA) is 89.5 Å². The monoisotopic (exact) mass is 426 g/mol. The van der Waals surface area contributed by atoms with Crippen molar-refractivity contribution in [2.75, 3.05) is 0 Å². The van der Waals surface area contributed by atoms with Gasteiger partial charge in [0.2, 0.25) is 0 Å². The predicted octanol–water partition coefficient (Wildman–Crippen LogP) is 4.10. The first-order chi connectivity index (χ1) is 14.0. The smallest absolute Gasteiger partial charge is 0.276 e. The van der Waals surface area contributed by atoms with E-state index in [2.05, 4.69) is 15.0 Å². The molecule has 1 N–H and O–H groups in total. The number of nitrogens with zero attached hydrogens (tertiary/aromatic N) is 3. The molecule has 0 fully saturated rings. The van der Waals surface area contributed by atoms with Gasteiger partial charge in [-0.25, -0.2) is 9.51 Å². The fourth-order valence-electron chi connectivity index (χ4n) is 2.63. The molecule has 2 heterocycles. The zero-order chi connectivity index (χ0) is 20.3. The highest BCUT2D eigenvalue weighted by Gasteiger charge is 2.15. The minimum absolute atomic E-state index is 0.0605. The number of hydrogen-bond acceptors (Lipinski definition) is 5. The van der Waals surface area contributed by atoms with Gasteiger partial charge >= 0.3 is 0 Å². The van der Waals surface area contributed by atoms with E-state index >= 15 is 0 Å². The Kier molecular flexibility index (Phi) is 5.20. The molecule has 2 aromatic carbocycles. The van der Waals surface area contributed by atoms with Crippen LogP contribution in [0.4, 0.5) is 0 Å². The first kappa shape index (κ1) is 19.0. The second-order valence-corrected chi connectivity index (χ2v) is 8.09. The molecule has 0 spiro atoms. The Hall–Kier alpha value is -3.36. The Balaban J connectivity index is 1.64. The SMILES string of the molecule is O=S(=O)(N/N=C/c1cn(-c2ccccc2)nc1-c1ccco1)c1ccc(Cl)cc1. The number of furan rings is 1. The maximum absolute atomic E-state index is 12.4. The van der Waals surface area contributed by atoms with Crippen LogP contribution in [0.25, 0.3) is 17.1 Å². The highest BCUT2D eigenvalue weighted by molar-refractivity contribution is 7.89. The largest absolute Gasteiger partial charge is 0.463 e. The van der Waals surface area contributed by atoms with Crippen LogP contribution in [-0.4, -0.2) is 24.4 Å². The molecule has 0 bridgehead atoms. The third kappa shape index (κ3) is 4.23. The number of halogens is 1. The molecule has 146 valence electrons. The van der Waals surface area contributed by atoms with E-state index in [1.807, 2.05) is 30.3 Å². The van der Waals surface area contributed by atoms with Crippen molar-refractivity contribution in [2.24, 2.45) is 5.10 Å². The van der Waals surface area contributed by atoms with Gasteiger partial charge in [-0.2, -0.15) is 18.6 Å². The van der Waals surface area contributed by atoms with Gasteiger partial charge in [0, 0.05) is 16.8 Å². The van der Waals surface area contributed by atoms with Gasteiger partial charge in [0.05, 0.1) is 23.1 Å². The van der Waals surface area contributed by atoms with E-state index in [4.69, 9.17) is 16.0 Å². The maximum atomic E-state index is 12.4. The van der Waals surface area contributed by atoms with Crippen LogP contribution in [0.3, 0.4) is 0 Å². The molecule has 2 aromatic heterocycles. The summed E-state index contributed by atoms with van der Waals surface area (Å²) < 4.78 is 31.9. The van der Waals surface area contributed by atoms with Crippen molar-refractivity contribution in [1.29, 1.82) is 0 Å². The average molecular weight is 427 g/mol. The van der Waals surface area contributed by atoms with Gasteiger partial charge in [-0.15, -0.1) is 0 Å². The molecule has 4 aromatic rings. The van der Waals surface area contributed by atoms with E-state index in [0.717, 1.165) is 5.69 Å². The number of benzene rings is 2. The Morgan fingerprint density at radius 2 is 1.79 bits per heavy atom. The third-order valence-corrected chi connectivity index (χ3v) is 5.51. The summed E-state index contributed by atoms with van der Waals surface area (Å²) in [7, 11) is -3.82. The zero-order valence-corrected chi connectivity index (χ0v) is 16.5. The molecular formula is C20H15ClN4O3S. The first-order valence-corrected chi connectivity index (χ1v) is 10.4. The molecule has 0 saturated carbocycles. The molecular weight excluding hydrogens is 412 g/mol. The Bertz CT molecular complexity index is 1230. The third-order valence-electron chi connectivity index (χ3n) is 4.02. The van der Waals surface area contributed by atoms with Gasteiger partial charge in [0.1, 0.15) is 5.69 Å². The number of nitrogens with one attached hydrogen (secondary N) is 1. The van der Waals surface area contributed by atoms with Crippen LogP contribution in [0.5, 0.6) is 0 Å². The second kappa shape index (κ2) is 7.94. The van der Waals surface area contributed by atoms with Crippen LogP contribution < -0.4 is 4.83 Å². The van der Waals surface area contributed by atoms with E-state index < -0.39 is 10.0 Å². The lowest BCUT2D eigenvalue weighted by molar-refractivity contribution is 0.579. The minimum atomic E-state index is -3.82. The molecule has 7 nitrogen and oxygen atoms in total. The molecule has 0 saturated heterocycles. The number of aromatic nitrogens is 2. The van der Waals surface area contributed by atoms with Gasteiger partial charge in [0.15, 0.2) is 5.76 Å². The maximum Gasteiger partial charge on any atom is 0.276 e. The van der Waals surface area contributed by atoms with Crippen LogP contribution in [0.1, 0.15) is 5.56 Å². The van der Waals surface area contributed by atoms with Crippen molar-refractivity contribution in [3.05, 3.63) is 89.8 Å². The van der Waals surface area contributed by atoms with Crippen molar-refractivity contribution >= 4 is 27.8 Å². The standard InChI is InChI=1S/C20H15ClN4O3S/c21-16-8-10-18(11-9-16)29(26,27)24-22-13-15-14-25(17-5-2-1-3-6-17)23-20(15)19-7-4-12-28-19/h1-14,24H/b22-13+. The predicted molar refractivity (Wildman–Crippen MR) is 111 cm³/mol. The first-order valence-electron chi connectivity index (χ1n) is 8.52. The molecule has 9 heteroatoms. The van der Waals surface area contributed by atoms with Crippen LogP contribution in [0.2, 0.25) is 5.02 Å². The Morgan fingerprint density at radius 1 is 1.03 bits per heavy atom. The lowest BCUT2D eigenvalue weighted by atomic mass is 10.2. The molecule has 0 radical (unpaired) electrons. The number of rotatable bonds is 6. The summed E-state index contributed by atoms with van der Waals surface area (Å²) >= 11 is 5.80. The van der Waals surface area contributed by atoms with Crippen LogP contribution in [0.15, 0.2) is 93.6 Å². The van der Waals surface area contributed by atoms with E-state index in [1.54, 1.807) is 29.3 Å². The summed E-state index contributed by atoms with van der Waals surface area (Å²) in [5.41, 5.74) is 1.97. The average Bonchev–Trinajstić information content (AvgIpc) is 3.39. The lowest BCUT2D eigenvalue weighted by Crippen LogP contribution is -2.18. The van der Waals surface area contributed by atoms with Crippen molar-refractivity contribution < 1.29 is 12.8 Å². The minimum Gasteiger partial charge on any atom is -0.463 e. The van der Waals surface area contributed by atoms with Crippen molar-refractivity contribution in [2.45, 2.75) is 4.90 Å². The van der Waals surface area contributed by atoms with E-state index in [9.17, 15) is 8.42 Å². The van der Waals surface area contributed by atoms with Crippen LogP contribution in [0, 0.1) is 0 Å². The second-order valence-electron chi connectivity index (χ2n) is 6.00. The van der Waals surface area contributed by atoms with Crippen molar-refractivity contribution in [1.82, 2.24) is 14.6 Å². The van der Waals surface area contributed by atoms with Gasteiger partial charge in [-0.05, 0) is 48.5 Å². The van der Waals surface area contributed by atoms with Gasteiger partial charge < -0.3 is 4.42 Å². The number of hydrogen-bond donors (Lipinski definition) is 1. The fraction of sp³-hybridized carbons (Fsp3) is 0.